The molecule has 2 saturated heterocycles. The van der Waals surface area contributed by atoms with E-state index in [4.69, 9.17) is 4.74 Å². The van der Waals surface area contributed by atoms with Gasteiger partial charge in [0, 0.05) is 23.6 Å². The highest BCUT2D eigenvalue weighted by Crippen LogP contribution is 2.27. The smallest absolute Gasteiger partial charge is 0.166 e. The van der Waals surface area contributed by atoms with Crippen LogP contribution in [0.4, 0.5) is 0 Å². The van der Waals surface area contributed by atoms with Crippen molar-refractivity contribution >= 4 is 5.78 Å². The largest absolute Gasteiger partial charge is 0.378 e. The minimum absolute atomic E-state index is 0.160. The molecule has 3 heteroatoms. The van der Waals surface area contributed by atoms with Crippen LogP contribution in [-0.4, -0.2) is 31.1 Å². The van der Waals surface area contributed by atoms with E-state index in [1.54, 1.807) is 0 Å². The third kappa shape index (κ3) is 2.72. The molecule has 19 heavy (non-hydrogen) atoms. The monoisotopic (exact) mass is 259 g/mol. The van der Waals surface area contributed by atoms with Crippen LogP contribution in [0, 0.1) is 5.92 Å². The summed E-state index contributed by atoms with van der Waals surface area (Å²) >= 11 is 0. The molecule has 0 aliphatic carbocycles. The SMILES string of the molecule is CCc1ccc(C(=O)C2CC3COCC(C2)N3)cc1. The molecular weight excluding hydrogens is 238 g/mol. The van der Waals surface area contributed by atoms with Gasteiger partial charge in [0.15, 0.2) is 5.78 Å². The third-order valence-corrected chi connectivity index (χ3v) is 4.27. The Balaban J connectivity index is 1.72. The molecule has 2 fully saturated rings. The van der Waals surface area contributed by atoms with E-state index in [0.717, 1.165) is 38.0 Å². The molecule has 2 unspecified atom stereocenters. The summed E-state index contributed by atoms with van der Waals surface area (Å²) in [6.45, 7) is 3.62. The number of ketones is 1. The molecule has 3 rings (SSSR count). The molecule has 2 aliphatic rings. The zero-order valence-corrected chi connectivity index (χ0v) is 11.4. The van der Waals surface area contributed by atoms with E-state index in [0.29, 0.717) is 17.9 Å². The number of Topliss-reactive ketones (excluding diaryl/α,β-unsaturated/α-hetero) is 1. The number of carbonyl (C=O) groups excluding carboxylic acids is 1. The first-order valence-electron chi connectivity index (χ1n) is 7.23. The molecule has 3 nitrogen and oxygen atoms in total. The maximum Gasteiger partial charge on any atom is 0.166 e. The molecule has 1 aromatic rings. The molecule has 0 radical (unpaired) electrons. The average molecular weight is 259 g/mol. The van der Waals surface area contributed by atoms with Crippen LogP contribution in [-0.2, 0) is 11.2 Å². The lowest BCUT2D eigenvalue weighted by Crippen LogP contribution is -2.55. The second kappa shape index (κ2) is 5.43. The standard InChI is InChI=1S/C16H21NO2/c1-2-11-3-5-12(6-4-11)16(18)13-7-14-9-19-10-15(8-13)17-14/h3-6,13-15,17H,2,7-10H2,1H3. The lowest BCUT2D eigenvalue weighted by molar-refractivity contribution is 0.00953. The van der Waals surface area contributed by atoms with Gasteiger partial charge in [-0.2, -0.15) is 0 Å². The number of carbonyl (C=O) groups is 1. The summed E-state index contributed by atoms with van der Waals surface area (Å²) in [5.74, 6) is 0.466. The Labute approximate surface area is 114 Å². The van der Waals surface area contributed by atoms with Crippen LogP contribution >= 0.6 is 0 Å². The number of aryl methyl sites for hydroxylation is 1. The molecule has 0 saturated carbocycles. The van der Waals surface area contributed by atoms with Gasteiger partial charge in [-0.05, 0) is 24.8 Å². The summed E-state index contributed by atoms with van der Waals surface area (Å²) in [6.07, 6.45) is 2.83. The summed E-state index contributed by atoms with van der Waals surface area (Å²) in [5, 5.41) is 3.53. The van der Waals surface area contributed by atoms with Crippen molar-refractivity contribution in [1.82, 2.24) is 5.32 Å². The Morgan fingerprint density at radius 1 is 1.21 bits per heavy atom. The number of piperidine rings is 1. The number of rotatable bonds is 3. The van der Waals surface area contributed by atoms with Crippen LogP contribution in [0.5, 0.6) is 0 Å². The number of hydrogen-bond acceptors (Lipinski definition) is 3. The van der Waals surface area contributed by atoms with E-state index < -0.39 is 0 Å². The molecular formula is C16H21NO2. The molecule has 2 atom stereocenters. The van der Waals surface area contributed by atoms with E-state index in [9.17, 15) is 4.79 Å². The van der Waals surface area contributed by atoms with Crippen molar-refractivity contribution in [3.8, 4) is 0 Å². The fraction of sp³-hybridized carbons (Fsp3) is 0.562. The van der Waals surface area contributed by atoms with Crippen molar-refractivity contribution < 1.29 is 9.53 Å². The van der Waals surface area contributed by atoms with Crippen molar-refractivity contribution in [2.75, 3.05) is 13.2 Å². The summed E-state index contributed by atoms with van der Waals surface area (Å²) in [4.78, 5) is 12.6. The molecule has 1 aromatic carbocycles. The highest BCUT2D eigenvalue weighted by atomic mass is 16.5. The van der Waals surface area contributed by atoms with Gasteiger partial charge in [0.05, 0.1) is 13.2 Å². The maximum absolute atomic E-state index is 12.6. The van der Waals surface area contributed by atoms with Crippen LogP contribution in [0.1, 0.15) is 35.7 Å². The van der Waals surface area contributed by atoms with Gasteiger partial charge in [0.1, 0.15) is 0 Å². The number of nitrogens with one attached hydrogen (secondary N) is 1. The first kappa shape index (κ1) is 12.8. The summed E-state index contributed by atoms with van der Waals surface area (Å²) < 4.78 is 5.53. The van der Waals surface area contributed by atoms with E-state index >= 15 is 0 Å². The Morgan fingerprint density at radius 2 is 1.84 bits per heavy atom. The Kier molecular flexibility index (Phi) is 3.67. The van der Waals surface area contributed by atoms with Crippen LogP contribution in [0.25, 0.3) is 0 Å². The number of benzene rings is 1. The van der Waals surface area contributed by atoms with Gasteiger partial charge in [-0.15, -0.1) is 0 Å². The fourth-order valence-corrected chi connectivity index (χ4v) is 3.19. The Bertz CT molecular complexity index is 442. The predicted octanol–water partition coefficient (Wildman–Crippen LogP) is 2.20. The molecule has 0 spiro atoms. The van der Waals surface area contributed by atoms with Crippen molar-refractivity contribution in [3.63, 3.8) is 0 Å². The van der Waals surface area contributed by atoms with Gasteiger partial charge >= 0.3 is 0 Å². The first-order valence-corrected chi connectivity index (χ1v) is 7.23. The van der Waals surface area contributed by atoms with E-state index in [1.165, 1.54) is 5.56 Å². The Hall–Kier alpha value is -1.19. The van der Waals surface area contributed by atoms with Crippen LogP contribution in [0.15, 0.2) is 24.3 Å². The molecule has 0 amide bonds. The molecule has 2 aliphatic heterocycles. The van der Waals surface area contributed by atoms with E-state index in [2.05, 4.69) is 24.4 Å². The van der Waals surface area contributed by atoms with E-state index in [1.807, 2.05) is 12.1 Å². The molecule has 2 bridgehead atoms. The second-order valence-electron chi connectivity index (χ2n) is 5.68. The summed E-state index contributed by atoms with van der Waals surface area (Å²) in [6, 6.07) is 8.81. The molecule has 1 N–H and O–H groups in total. The fourth-order valence-electron chi connectivity index (χ4n) is 3.19. The normalized spacial score (nSPS) is 30.1. The Morgan fingerprint density at radius 3 is 2.42 bits per heavy atom. The number of fused-ring (bicyclic) bond motifs is 2. The lowest BCUT2D eigenvalue weighted by Gasteiger charge is -2.39. The lowest BCUT2D eigenvalue weighted by atomic mass is 9.82. The van der Waals surface area contributed by atoms with Crippen LogP contribution in [0.2, 0.25) is 0 Å². The number of hydrogen-bond donors (Lipinski definition) is 1. The molecule has 102 valence electrons. The highest BCUT2D eigenvalue weighted by Gasteiger charge is 2.35. The van der Waals surface area contributed by atoms with Crippen molar-refractivity contribution in [1.29, 1.82) is 0 Å². The average Bonchev–Trinajstić information content (AvgIpc) is 2.46. The summed E-state index contributed by atoms with van der Waals surface area (Å²) in [7, 11) is 0. The van der Waals surface area contributed by atoms with Crippen molar-refractivity contribution in [2.24, 2.45) is 5.92 Å². The van der Waals surface area contributed by atoms with Gasteiger partial charge in [-0.1, -0.05) is 31.2 Å². The minimum atomic E-state index is 0.160. The zero-order valence-electron chi connectivity index (χ0n) is 11.4. The minimum Gasteiger partial charge on any atom is -0.378 e. The second-order valence-corrected chi connectivity index (χ2v) is 5.68. The third-order valence-electron chi connectivity index (χ3n) is 4.27. The zero-order chi connectivity index (χ0) is 13.2. The van der Waals surface area contributed by atoms with Gasteiger partial charge in [-0.25, -0.2) is 0 Å². The summed E-state index contributed by atoms with van der Waals surface area (Å²) in [5.41, 5.74) is 2.15. The van der Waals surface area contributed by atoms with Gasteiger partial charge in [0.2, 0.25) is 0 Å². The van der Waals surface area contributed by atoms with Crippen molar-refractivity contribution in [2.45, 2.75) is 38.3 Å². The maximum atomic E-state index is 12.6. The van der Waals surface area contributed by atoms with E-state index in [-0.39, 0.29) is 5.92 Å². The molecule has 0 aromatic heterocycles. The van der Waals surface area contributed by atoms with Crippen LogP contribution in [0.3, 0.4) is 0 Å². The molecule has 2 heterocycles. The van der Waals surface area contributed by atoms with Crippen molar-refractivity contribution in [3.05, 3.63) is 35.4 Å². The quantitative estimate of drug-likeness (QED) is 0.846. The predicted molar refractivity (Wildman–Crippen MR) is 74.4 cm³/mol. The topological polar surface area (TPSA) is 38.3 Å². The van der Waals surface area contributed by atoms with Gasteiger partial charge < -0.3 is 10.1 Å². The first-order chi connectivity index (χ1) is 9.26. The highest BCUT2D eigenvalue weighted by molar-refractivity contribution is 5.98. The van der Waals surface area contributed by atoms with Crippen LogP contribution < -0.4 is 5.32 Å². The number of ether oxygens (including phenoxy) is 1. The van der Waals surface area contributed by atoms with Gasteiger partial charge in [-0.3, -0.25) is 4.79 Å². The number of morpholine rings is 1. The van der Waals surface area contributed by atoms with Gasteiger partial charge in [0.25, 0.3) is 0 Å².